The topological polar surface area (TPSA) is 57.5 Å². The van der Waals surface area contributed by atoms with Crippen molar-refractivity contribution in [2.45, 2.75) is 0 Å². The Bertz CT molecular complexity index is 341. The van der Waals surface area contributed by atoms with Gasteiger partial charge in [0.25, 0.3) is 0 Å². The minimum atomic E-state index is -1.73. The quantitative estimate of drug-likeness (QED) is 0.561. The first-order valence-electron chi connectivity index (χ1n) is 3.37. The summed E-state index contributed by atoms with van der Waals surface area (Å²) in [6, 6.07) is 2.73. The molecule has 0 aliphatic carbocycles. The number of benzene rings is 1. The van der Waals surface area contributed by atoms with Crippen LogP contribution in [0.15, 0.2) is 12.1 Å². The van der Waals surface area contributed by atoms with E-state index in [0.717, 1.165) is 0 Å². The second-order valence-corrected chi connectivity index (χ2v) is 3.14. The summed E-state index contributed by atoms with van der Waals surface area (Å²) in [6.07, 6.45) is 0.434. The third kappa shape index (κ3) is 2.03. The van der Waals surface area contributed by atoms with Gasteiger partial charge < -0.3 is 10.0 Å². The maximum Gasteiger partial charge on any atom is 0.489 e. The highest BCUT2D eigenvalue weighted by Crippen LogP contribution is 2.23. The van der Waals surface area contributed by atoms with Crippen LogP contribution in [0, 0.1) is 0 Å². The van der Waals surface area contributed by atoms with Gasteiger partial charge in [0, 0.05) is 5.56 Å². The smallest absolute Gasteiger partial charge is 0.423 e. The molecule has 68 valence electrons. The Morgan fingerprint density at radius 3 is 2.38 bits per heavy atom. The minimum absolute atomic E-state index is 0.00386. The van der Waals surface area contributed by atoms with Crippen molar-refractivity contribution in [1.82, 2.24) is 0 Å². The zero-order valence-electron chi connectivity index (χ0n) is 6.37. The van der Waals surface area contributed by atoms with Crippen LogP contribution in [0.1, 0.15) is 10.4 Å². The number of carbonyl (C=O) groups excluding carboxylic acids is 1. The van der Waals surface area contributed by atoms with E-state index in [4.69, 9.17) is 33.2 Å². The van der Waals surface area contributed by atoms with E-state index in [9.17, 15) is 4.79 Å². The fourth-order valence-corrected chi connectivity index (χ4v) is 1.31. The molecule has 1 aromatic rings. The summed E-state index contributed by atoms with van der Waals surface area (Å²) in [7, 11) is -1.73. The monoisotopic (exact) mass is 218 g/mol. The SMILES string of the molecule is O=Cc1c(B(O)O)ccc(Cl)c1Cl. The van der Waals surface area contributed by atoms with Crippen LogP contribution in [0.2, 0.25) is 10.0 Å². The summed E-state index contributed by atoms with van der Waals surface area (Å²) < 4.78 is 0. The first-order valence-corrected chi connectivity index (χ1v) is 4.12. The lowest BCUT2D eigenvalue weighted by Gasteiger charge is -2.05. The van der Waals surface area contributed by atoms with Gasteiger partial charge in [-0.15, -0.1) is 0 Å². The van der Waals surface area contributed by atoms with Crippen LogP contribution >= 0.6 is 23.2 Å². The summed E-state index contributed by atoms with van der Waals surface area (Å²) in [5.74, 6) is 0. The molecule has 0 aliphatic heterocycles. The van der Waals surface area contributed by atoms with Crippen LogP contribution in [-0.2, 0) is 0 Å². The van der Waals surface area contributed by atoms with Gasteiger partial charge in [0.15, 0.2) is 6.29 Å². The molecule has 0 unspecified atom stereocenters. The molecule has 0 fully saturated rings. The number of carbonyl (C=O) groups is 1. The maximum atomic E-state index is 10.5. The molecule has 0 radical (unpaired) electrons. The molecule has 3 nitrogen and oxygen atoms in total. The highest BCUT2D eigenvalue weighted by atomic mass is 35.5. The van der Waals surface area contributed by atoms with Crippen molar-refractivity contribution < 1.29 is 14.8 Å². The fraction of sp³-hybridized carbons (Fsp3) is 0. The van der Waals surface area contributed by atoms with Crippen molar-refractivity contribution in [3.05, 3.63) is 27.7 Å². The highest BCUT2D eigenvalue weighted by Gasteiger charge is 2.19. The predicted octanol–water partition coefficient (Wildman–Crippen LogP) is 0.486. The van der Waals surface area contributed by atoms with Crippen LogP contribution < -0.4 is 5.46 Å². The summed E-state index contributed by atoms with van der Waals surface area (Å²) in [5.41, 5.74) is 0.0496. The molecular weight excluding hydrogens is 214 g/mol. The first kappa shape index (κ1) is 10.5. The standard InChI is InChI=1S/C7H5BCl2O3/c9-6-2-1-5(8(12)13)4(3-11)7(6)10/h1-3,12-13H. The number of hydrogen-bond acceptors (Lipinski definition) is 3. The zero-order chi connectivity index (χ0) is 10.0. The van der Waals surface area contributed by atoms with Crippen LogP contribution in [0.5, 0.6) is 0 Å². The van der Waals surface area contributed by atoms with Gasteiger partial charge in [-0.1, -0.05) is 29.3 Å². The van der Waals surface area contributed by atoms with Crippen molar-refractivity contribution in [2.24, 2.45) is 0 Å². The molecule has 0 aliphatic rings. The second kappa shape index (κ2) is 4.11. The molecule has 0 saturated heterocycles. The van der Waals surface area contributed by atoms with E-state index in [1.165, 1.54) is 12.1 Å². The molecule has 0 atom stereocenters. The predicted molar refractivity (Wildman–Crippen MR) is 51.7 cm³/mol. The normalized spacial score (nSPS) is 9.85. The Morgan fingerprint density at radius 2 is 1.92 bits per heavy atom. The molecular formula is C7H5BCl2O3. The molecule has 0 aromatic heterocycles. The van der Waals surface area contributed by atoms with Gasteiger partial charge in [-0.05, 0) is 11.5 Å². The van der Waals surface area contributed by atoms with Crippen LogP contribution in [0.25, 0.3) is 0 Å². The number of aldehydes is 1. The molecule has 13 heavy (non-hydrogen) atoms. The fourth-order valence-electron chi connectivity index (χ4n) is 0.926. The number of rotatable bonds is 2. The Kier molecular flexibility index (Phi) is 3.33. The van der Waals surface area contributed by atoms with Crippen molar-refractivity contribution in [2.75, 3.05) is 0 Å². The van der Waals surface area contributed by atoms with Crippen molar-refractivity contribution in [3.63, 3.8) is 0 Å². The van der Waals surface area contributed by atoms with Crippen molar-refractivity contribution in [1.29, 1.82) is 0 Å². The van der Waals surface area contributed by atoms with Gasteiger partial charge in [0.2, 0.25) is 0 Å². The average Bonchev–Trinajstić information content (AvgIpc) is 2.09. The van der Waals surface area contributed by atoms with Crippen LogP contribution in [0.4, 0.5) is 0 Å². The van der Waals surface area contributed by atoms with Gasteiger partial charge in [-0.3, -0.25) is 4.79 Å². The first-order chi connectivity index (χ1) is 6.07. The lowest BCUT2D eigenvalue weighted by Crippen LogP contribution is -2.33. The maximum absolute atomic E-state index is 10.5. The van der Waals surface area contributed by atoms with Crippen LogP contribution in [-0.4, -0.2) is 23.5 Å². The lowest BCUT2D eigenvalue weighted by molar-refractivity contribution is 0.112. The Balaban J connectivity index is 3.38. The van der Waals surface area contributed by atoms with E-state index in [0.29, 0.717) is 6.29 Å². The molecule has 0 saturated carbocycles. The van der Waals surface area contributed by atoms with E-state index in [-0.39, 0.29) is 21.1 Å². The Labute approximate surface area is 85.0 Å². The highest BCUT2D eigenvalue weighted by molar-refractivity contribution is 6.61. The van der Waals surface area contributed by atoms with E-state index in [2.05, 4.69) is 0 Å². The Morgan fingerprint density at radius 1 is 1.31 bits per heavy atom. The van der Waals surface area contributed by atoms with Gasteiger partial charge in [0.05, 0.1) is 10.0 Å². The lowest BCUT2D eigenvalue weighted by atomic mass is 9.77. The third-order valence-corrected chi connectivity index (χ3v) is 2.38. The summed E-state index contributed by atoms with van der Waals surface area (Å²) >= 11 is 11.3. The zero-order valence-corrected chi connectivity index (χ0v) is 7.88. The van der Waals surface area contributed by atoms with Gasteiger partial charge in [-0.2, -0.15) is 0 Å². The molecule has 1 aromatic carbocycles. The second-order valence-electron chi connectivity index (χ2n) is 2.36. The summed E-state index contributed by atoms with van der Waals surface area (Å²) in [4.78, 5) is 10.5. The van der Waals surface area contributed by atoms with Crippen LogP contribution in [0.3, 0.4) is 0 Å². The summed E-state index contributed by atoms with van der Waals surface area (Å²) in [5, 5.41) is 17.9. The van der Waals surface area contributed by atoms with E-state index in [1.807, 2.05) is 0 Å². The summed E-state index contributed by atoms with van der Waals surface area (Å²) in [6.45, 7) is 0. The molecule has 0 bridgehead atoms. The van der Waals surface area contributed by atoms with Crippen molar-refractivity contribution >= 4 is 42.1 Å². The Hall–Kier alpha value is -0.545. The molecule has 6 heteroatoms. The van der Waals surface area contributed by atoms with Crippen molar-refractivity contribution in [3.8, 4) is 0 Å². The van der Waals surface area contributed by atoms with Gasteiger partial charge in [0.1, 0.15) is 0 Å². The number of halogens is 2. The molecule has 0 heterocycles. The van der Waals surface area contributed by atoms with E-state index >= 15 is 0 Å². The van der Waals surface area contributed by atoms with Gasteiger partial charge >= 0.3 is 7.12 Å². The van der Waals surface area contributed by atoms with E-state index in [1.54, 1.807) is 0 Å². The molecule has 0 spiro atoms. The third-order valence-electron chi connectivity index (χ3n) is 1.56. The molecule has 1 rings (SSSR count). The largest absolute Gasteiger partial charge is 0.489 e. The van der Waals surface area contributed by atoms with E-state index < -0.39 is 7.12 Å². The minimum Gasteiger partial charge on any atom is -0.423 e. The molecule has 2 N–H and O–H groups in total. The molecule has 0 amide bonds. The van der Waals surface area contributed by atoms with Gasteiger partial charge in [-0.25, -0.2) is 0 Å². The number of hydrogen-bond donors (Lipinski definition) is 2. The average molecular weight is 219 g/mol.